The summed E-state index contributed by atoms with van der Waals surface area (Å²) in [4.78, 5) is 22.7. The van der Waals surface area contributed by atoms with Crippen LogP contribution in [0.5, 0.6) is 0 Å². The van der Waals surface area contributed by atoms with Gasteiger partial charge in [-0.05, 0) is 76.3 Å². The number of hydrogen-bond donors (Lipinski definition) is 2. The molecule has 2 fully saturated rings. The monoisotopic (exact) mass is 543 g/mol. The molecule has 4 rings (SSSR count). The molecule has 1 aliphatic heterocycles. The molecule has 1 amide bonds. The predicted octanol–water partition coefficient (Wildman–Crippen LogP) is 5.57. The Hall–Kier alpha value is -3.17. The number of nitrogens with one attached hydrogen (secondary N) is 1. The molecule has 8 nitrogen and oxygen atoms in total. The molecule has 2 aromatic rings. The van der Waals surface area contributed by atoms with E-state index >= 15 is 0 Å². The number of amides is 1. The number of ether oxygens (including phenoxy) is 2. The van der Waals surface area contributed by atoms with Crippen LogP contribution in [0, 0.1) is 5.82 Å². The first-order chi connectivity index (χ1) is 18.4. The first kappa shape index (κ1) is 27.9. The van der Waals surface area contributed by atoms with E-state index in [0.29, 0.717) is 28.9 Å². The first-order valence-corrected chi connectivity index (χ1v) is 13.4. The van der Waals surface area contributed by atoms with Crippen molar-refractivity contribution >= 4 is 35.1 Å². The number of anilines is 2. The summed E-state index contributed by atoms with van der Waals surface area (Å²) in [5, 5.41) is 3.02. The topological polar surface area (TPSA) is 103 Å². The molecule has 0 bridgehead atoms. The summed E-state index contributed by atoms with van der Waals surface area (Å²) in [6.45, 7) is 2.79. The van der Waals surface area contributed by atoms with Crippen molar-refractivity contribution in [1.29, 1.82) is 0 Å². The van der Waals surface area contributed by atoms with Gasteiger partial charge < -0.3 is 20.5 Å². The van der Waals surface area contributed by atoms with Crippen LogP contribution in [0.15, 0.2) is 48.3 Å². The molecule has 1 saturated carbocycles. The van der Waals surface area contributed by atoms with E-state index < -0.39 is 5.82 Å². The molecule has 1 atom stereocenters. The van der Waals surface area contributed by atoms with E-state index in [1.807, 2.05) is 13.0 Å². The summed E-state index contributed by atoms with van der Waals surface area (Å²) in [6, 6.07) is 4.89. The zero-order chi connectivity index (χ0) is 27.1. The second-order valence-electron chi connectivity index (χ2n) is 9.62. The standard InChI is InChI=1S/C28H35ClFN5O3/c1-3-24(37-2)25(15-18-16-32-17-33-28(18)34-22-8-6-7-21(29)26(22)30)38-20-12-10-19(11-13-20)35-14-5-4-9-23(35)27(31)36/h3,6-8,15-17,19-20,23H,4-5,9-14H2,1-2H3,(H2,31,36)(H,32,33,34)/b24-3+,25-15+. The van der Waals surface area contributed by atoms with E-state index in [9.17, 15) is 9.18 Å². The van der Waals surface area contributed by atoms with E-state index in [-0.39, 0.29) is 28.8 Å². The maximum Gasteiger partial charge on any atom is 0.234 e. The number of halogens is 2. The largest absolute Gasteiger partial charge is 0.493 e. The number of nitrogens with two attached hydrogens (primary N) is 1. The number of nitrogens with zero attached hydrogens (tertiary/aromatic N) is 3. The quantitative estimate of drug-likeness (QED) is 0.315. The van der Waals surface area contributed by atoms with Gasteiger partial charge in [0, 0.05) is 17.8 Å². The molecule has 1 aromatic heterocycles. The van der Waals surface area contributed by atoms with Crippen LogP contribution in [0.1, 0.15) is 57.4 Å². The van der Waals surface area contributed by atoms with Gasteiger partial charge in [-0.1, -0.05) is 24.1 Å². The van der Waals surface area contributed by atoms with Gasteiger partial charge >= 0.3 is 0 Å². The van der Waals surface area contributed by atoms with E-state index in [0.717, 1.165) is 51.5 Å². The molecular weight excluding hydrogens is 509 g/mol. The van der Waals surface area contributed by atoms with Gasteiger partial charge in [-0.15, -0.1) is 0 Å². The Morgan fingerprint density at radius 3 is 2.71 bits per heavy atom. The highest BCUT2D eigenvalue weighted by Gasteiger charge is 2.35. The molecule has 1 aromatic carbocycles. The van der Waals surface area contributed by atoms with Crippen molar-refractivity contribution in [2.75, 3.05) is 19.0 Å². The van der Waals surface area contributed by atoms with Gasteiger partial charge in [0.05, 0.1) is 30.0 Å². The molecule has 38 heavy (non-hydrogen) atoms. The number of allylic oxidation sites excluding steroid dienone is 1. The van der Waals surface area contributed by atoms with E-state index in [4.69, 9.17) is 26.8 Å². The maximum atomic E-state index is 14.5. The first-order valence-electron chi connectivity index (χ1n) is 13.1. The molecule has 204 valence electrons. The van der Waals surface area contributed by atoms with Crippen LogP contribution in [-0.4, -0.2) is 52.6 Å². The van der Waals surface area contributed by atoms with Gasteiger partial charge in [0.2, 0.25) is 5.91 Å². The second kappa shape index (κ2) is 13.1. The summed E-state index contributed by atoms with van der Waals surface area (Å²) in [6.07, 6.45) is 13.1. The van der Waals surface area contributed by atoms with Crippen LogP contribution in [0.4, 0.5) is 15.9 Å². The van der Waals surface area contributed by atoms with Gasteiger partial charge in [-0.2, -0.15) is 0 Å². The highest BCUT2D eigenvalue weighted by atomic mass is 35.5. The van der Waals surface area contributed by atoms with Crippen LogP contribution < -0.4 is 11.1 Å². The van der Waals surface area contributed by atoms with E-state index in [2.05, 4.69) is 20.2 Å². The Labute approximate surface area is 228 Å². The van der Waals surface area contributed by atoms with Crippen LogP contribution in [0.2, 0.25) is 5.02 Å². The minimum absolute atomic E-state index is 0.0167. The lowest BCUT2D eigenvalue weighted by molar-refractivity contribution is -0.126. The van der Waals surface area contributed by atoms with Crippen LogP contribution in [0.25, 0.3) is 6.08 Å². The number of primary amides is 1. The van der Waals surface area contributed by atoms with Crippen molar-refractivity contribution in [3.8, 4) is 0 Å². The molecule has 2 heterocycles. The molecule has 0 radical (unpaired) electrons. The lowest BCUT2D eigenvalue weighted by Crippen LogP contribution is -2.53. The average Bonchev–Trinajstić information content (AvgIpc) is 2.93. The fraction of sp³-hybridized carbons (Fsp3) is 0.464. The lowest BCUT2D eigenvalue weighted by Gasteiger charge is -2.42. The summed E-state index contributed by atoms with van der Waals surface area (Å²) in [5.74, 6) is 0.726. The molecule has 3 N–H and O–H groups in total. The number of methoxy groups -OCH3 is 1. The number of likely N-dealkylation sites (tertiary alicyclic amines) is 1. The Balaban J connectivity index is 1.51. The highest BCUT2D eigenvalue weighted by Crippen LogP contribution is 2.33. The smallest absolute Gasteiger partial charge is 0.234 e. The Bertz CT molecular complexity index is 1180. The molecule has 10 heteroatoms. The normalized spacial score (nSPS) is 23.1. The molecule has 1 saturated heterocycles. The maximum absolute atomic E-state index is 14.5. The summed E-state index contributed by atoms with van der Waals surface area (Å²) in [7, 11) is 1.59. The van der Waals surface area contributed by atoms with Crippen molar-refractivity contribution in [2.45, 2.75) is 70.1 Å². The van der Waals surface area contributed by atoms with Crippen molar-refractivity contribution < 1.29 is 18.7 Å². The fourth-order valence-electron chi connectivity index (χ4n) is 5.31. The Morgan fingerprint density at radius 1 is 1.21 bits per heavy atom. The van der Waals surface area contributed by atoms with Crippen molar-refractivity contribution in [2.24, 2.45) is 5.73 Å². The number of hydrogen-bond acceptors (Lipinski definition) is 7. The zero-order valence-corrected chi connectivity index (χ0v) is 22.6. The van der Waals surface area contributed by atoms with E-state index in [1.54, 1.807) is 31.5 Å². The Morgan fingerprint density at radius 2 is 2.00 bits per heavy atom. The minimum atomic E-state index is -0.561. The lowest BCUT2D eigenvalue weighted by atomic mass is 9.88. The molecule has 1 aliphatic carbocycles. The fourth-order valence-corrected chi connectivity index (χ4v) is 5.49. The molecule has 0 spiro atoms. The highest BCUT2D eigenvalue weighted by molar-refractivity contribution is 6.31. The van der Waals surface area contributed by atoms with Crippen molar-refractivity contribution in [3.63, 3.8) is 0 Å². The van der Waals surface area contributed by atoms with Crippen LogP contribution in [-0.2, 0) is 14.3 Å². The third-order valence-corrected chi connectivity index (χ3v) is 7.53. The van der Waals surface area contributed by atoms with Crippen molar-refractivity contribution in [3.05, 3.63) is 64.7 Å². The van der Waals surface area contributed by atoms with Gasteiger partial charge in [-0.25, -0.2) is 14.4 Å². The number of rotatable bonds is 9. The predicted molar refractivity (Wildman–Crippen MR) is 146 cm³/mol. The molecular formula is C28H35ClFN5O3. The number of piperidine rings is 1. The van der Waals surface area contributed by atoms with Crippen LogP contribution in [0.3, 0.4) is 0 Å². The third-order valence-electron chi connectivity index (χ3n) is 7.24. The average molecular weight is 544 g/mol. The molecule has 2 aliphatic rings. The number of benzene rings is 1. The number of carbonyl (C=O) groups is 1. The van der Waals surface area contributed by atoms with Crippen molar-refractivity contribution in [1.82, 2.24) is 14.9 Å². The van der Waals surface area contributed by atoms with E-state index in [1.165, 1.54) is 12.4 Å². The zero-order valence-electron chi connectivity index (χ0n) is 21.8. The third kappa shape index (κ3) is 6.63. The van der Waals surface area contributed by atoms with Gasteiger partial charge in [0.15, 0.2) is 17.3 Å². The van der Waals surface area contributed by atoms with Gasteiger partial charge in [0.25, 0.3) is 0 Å². The number of carbonyl (C=O) groups excluding carboxylic acids is 1. The molecule has 1 unspecified atom stereocenters. The van der Waals surface area contributed by atoms with Gasteiger partial charge in [0.1, 0.15) is 12.1 Å². The van der Waals surface area contributed by atoms with Gasteiger partial charge in [-0.3, -0.25) is 9.69 Å². The SMILES string of the molecule is C/C=C(OC)\C(=C/c1cncnc1Nc1cccc(Cl)c1F)OC1CCC(N2CCCCC2C(N)=O)CC1. The Kier molecular flexibility index (Phi) is 9.58. The number of aromatic nitrogens is 2. The summed E-state index contributed by atoms with van der Waals surface area (Å²) >= 11 is 5.95. The second-order valence-corrected chi connectivity index (χ2v) is 10.0. The van der Waals surface area contributed by atoms with Crippen LogP contribution >= 0.6 is 11.6 Å². The summed E-state index contributed by atoms with van der Waals surface area (Å²) in [5.41, 5.74) is 6.50. The summed E-state index contributed by atoms with van der Waals surface area (Å²) < 4.78 is 26.6. The minimum Gasteiger partial charge on any atom is -0.493 e.